The molecule has 1 N–H and O–H groups in total. The second-order valence-electron chi connectivity index (χ2n) is 4.65. The first-order chi connectivity index (χ1) is 9.04. The molecule has 1 aromatic rings. The maximum absolute atomic E-state index is 11.4. The van der Waals surface area contributed by atoms with Crippen molar-refractivity contribution in [3.05, 3.63) is 23.9 Å². The minimum atomic E-state index is -0.332. The molecule has 5 heteroatoms. The maximum atomic E-state index is 11.4. The van der Waals surface area contributed by atoms with Gasteiger partial charge >= 0.3 is 5.97 Å². The summed E-state index contributed by atoms with van der Waals surface area (Å²) in [4.78, 5) is 17.9. The summed E-state index contributed by atoms with van der Waals surface area (Å²) in [5.41, 5.74) is 0.478. The van der Waals surface area contributed by atoms with Crippen LogP contribution in [0.1, 0.15) is 31.1 Å². The molecule has 19 heavy (non-hydrogen) atoms. The first-order valence-corrected chi connectivity index (χ1v) is 6.62. The van der Waals surface area contributed by atoms with Gasteiger partial charge in [-0.15, -0.1) is 0 Å². The predicted octanol–water partition coefficient (Wildman–Crippen LogP) is 2.01. The number of pyridine rings is 1. The molecular weight excluding hydrogens is 242 g/mol. The van der Waals surface area contributed by atoms with Gasteiger partial charge in [0.05, 0.1) is 12.2 Å². The van der Waals surface area contributed by atoms with E-state index in [0.717, 1.165) is 18.9 Å². The lowest BCUT2D eigenvalue weighted by Crippen LogP contribution is -2.31. The Morgan fingerprint density at radius 1 is 1.47 bits per heavy atom. The quantitative estimate of drug-likeness (QED) is 0.764. The monoisotopic (exact) mass is 265 g/mol. The molecule has 0 aromatic carbocycles. The number of nitrogens with zero attached hydrogens (tertiary/aromatic N) is 2. The minimum absolute atomic E-state index is 0.332. The fraction of sp³-hybridized carbons (Fsp3) is 0.571. The third-order valence-electron chi connectivity index (χ3n) is 2.93. The fourth-order valence-corrected chi connectivity index (χ4v) is 1.45. The number of ether oxygens (including phenoxy) is 1. The van der Waals surface area contributed by atoms with Crippen molar-refractivity contribution in [2.75, 3.05) is 32.1 Å². The molecule has 0 aliphatic rings. The maximum Gasteiger partial charge on any atom is 0.339 e. The minimum Gasteiger partial charge on any atom is -0.462 e. The average molecular weight is 265 g/mol. The van der Waals surface area contributed by atoms with E-state index in [1.54, 1.807) is 19.1 Å². The van der Waals surface area contributed by atoms with E-state index in [1.165, 1.54) is 6.20 Å². The Labute approximate surface area is 115 Å². The summed E-state index contributed by atoms with van der Waals surface area (Å²) >= 11 is 0. The molecule has 0 aliphatic heterocycles. The molecule has 1 heterocycles. The third-order valence-corrected chi connectivity index (χ3v) is 2.93. The van der Waals surface area contributed by atoms with Crippen molar-refractivity contribution in [1.82, 2.24) is 9.88 Å². The summed E-state index contributed by atoms with van der Waals surface area (Å²) < 4.78 is 4.90. The SMILES string of the molecule is CCOC(=O)c1ccc(NCCN(C)C(C)C)nc1. The van der Waals surface area contributed by atoms with Crippen molar-refractivity contribution in [1.29, 1.82) is 0 Å². The zero-order valence-corrected chi connectivity index (χ0v) is 12.1. The van der Waals surface area contributed by atoms with E-state index >= 15 is 0 Å². The van der Waals surface area contributed by atoms with Crippen molar-refractivity contribution >= 4 is 11.8 Å². The van der Waals surface area contributed by atoms with Gasteiger partial charge in [0.25, 0.3) is 0 Å². The number of carbonyl (C=O) groups excluding carboxylic acids is 1. The van der Waals surface area contributed by atoms with E-state index in [1.807, 2.05) is 0 Å². The van der Waals surface area contributed by atoms with Crippen LogP contribution in [0.4, 0.5) is 5.82 Å². The Balaban J connectivity index is 2.42. The number of hydrogen-bond acceptors (Lipinski definition) is 5. The van der Waals surface area contributed by atoms with Gasteiger partial charge in [0.2, 0.25) is 0 Å². The van der Waals surface area contributed by atoms with Crippen molar-refractivity contribution in [3.8, 4) is 0 Å². The first-order valence-electron chi connectivity index (χ1n) is 6.62. The van der Waals surface area contributed by atoms with E-state index < -0.39 is 0 Å². The molecule has 5 nitrogen and oxygen atoms in total. The number of likely N-dealkylation sites (N-methyl/N-ethyl adjacent to an activating group) is 1. The molecule has 0 radical (unpaired) electrons. The van der Waals surface area contributed by atoms with Gasteiger partial charge in [0.1, 0.15) is 5.82 Å². The Kier molecular flexibility index (Phi) is 6.29. The van der Waals surface area contributed by atoms with Crippen molar-refractivity contribution in [2.45, 2.75) is 26.8 Å². The van der Waals surface area contributed by atoms with Gasteiger partial charge in [-0.1, -0.05) is 0 Å². The van der Waals surface area contributed by atoms with Gasteiger partial charge in [0, 0.05) is 25.3 Å². The molecule has 0 unspecified atom stereocenters. The van der Waals surface area contributed by atoms with Crippen LogP contribution in [0.25, 0.3) is 0 Å². The van der Waals surface area contributed by atoms with Crippen LogP contribution < -0.4 is 5.32 Å². The first kappa shape index (κ1) is 15.4. The highest BCUT2D eigenvalue weighted by atomic mass is 16.5. The lowest BCUT2D eigenvalue weighted by Gasteiger charge is -2.21. The largest absolute Gasteiger partial charge is 0.462 e. The lowest BCUT2D eigenvalue weighted by molar-refractivity contribution is 0.0526. The summed E-state index contributed by atoms with van der Waals surface area (Å²) in [5.74, 6) is 0.436. The number of aromatic nitrogens is 1. The normalized spacial score (nSPS) is 10.8. The molecule has 0 fully saturated rings. The topological polar surface area (TPSA) is 54.5 Å². The molecule has 106 valence electrons. The number of rotatable bonds is 7. The fourth-order valence-electron chi connectivity index (χ4n) is 1.45. The predicted molar refractivity (Wildman–Crippen MR) is 76.4 cm³/mol. The third kappa shape index (κ3) is 5.26. The summed E-state index contributed by atoms with van der Waals surface area (Å²) in [6.07, 6.45) is 1.53. The van der Waals surface area contributed by atoms with E-state index in [-0.39, 0.29) is 5.97 Å². The standard InChI is InChI=1S/C14H23N3O2/c1-5-19-14(18)12-6-7-13(16-10-12)15-8-9-17(4)11(2)3/h6-7,10-11H,5,8-9H2,1-4H3,(H,15,16). The van der Waals surface area contributed by atoms with E-state index in [2.05, 4.69) is 36.1 Å². The second kappa shape index (κ2) is 7.74. The Bertz CT molecular complexity index is 390. The highest BCUT2D eigenvalue weighted by molar-refractivity contribution is 5.89. The summed E-state index contributed by atoms with van der Waals surface area (Å²) in [6.45, 7) is 8.24. The van der Waals surface area contributed by atoms with E-state index in [4.69, 9.17) is 4.74 Å². The van der Waals surface area contributed by atoms with Gasteiger partial charge in [-0.05, 0) is 40.0 Å². The molecule has 0 aliphatic carbocycles. The Morgan fingerprint density at radius 3 is 2.74 bits per heavy atom. The lowest BCUT2D eigenvalue weighted by atomic mass is 10.3. The van der Waals surface area contributed by atoms with Crippen LogP contribution >= 0.6 is 0 Å². The van der Waals surface area contributed by atoms with Crippen LogP contribution in [-0.4, -0.2) is 48.6 Å². The molecule has 0 atom stereocenters. The van der Waals surface area contributed by atoms with E-state index in [9.17, 15) is 4.79 Å². The van der Waals surface area contributed by atoms with Crippen LogP contribution in [-0.2, 0) is 4.74 Å². The molecule has 0 saturated carbocycles. The van der Waals surface area contributed by atoms with Gasteiger partial charge in [-0.3, -0.25) is 0 Å². The number of hydrogen-bond donors (Lipinski definition) is 1. The Morgan fingerprint density at radius 2 is 2.21 bits per heavy atom. The number of carbonyl (C=O) groups is 1. The molecule has 1 aromatic heterocycles. The smallest absolute Gasteiger partial charge is 0.339 e. The molecule has 0 amide bonds. The van der Waals surface area contributed by atoms with Gasteiger partial charge < -0.3 is 15.0 Å². The highest BCUT2D eigenvalue weighted by Crippen LogP contribution is 2.06. The number of nitrogens with one attached hydrogen (secondary N) is 1. The van der Waals surface area contributed by atoms with Crippen molar-refractivity contribution < 1.29 is 9.53 Å². The van der Waals surface area contributed by atoms with Gasteiger partial charge in [-0.25, -0.2) is 9.78 Å². The van der Waals surface area contributed by atoms with Gasteiger partial charge in [0.15, 0.2) is 0 Å². The van der Waals surface area contributed by atoms with Gasteiger partial charge in [-0.2, -0.15) is 0 Å². The number of esters is 1. The van der Waals surface area contributed by atoms with Crippen molar-refractivity contribution in [3.63, 3.8) is 0 Å². The molecule has 1 rings (SSSR count). The zero-order valence-electron chi connectivity index (χ0n) is 12.1. The molecule has 0 saturated heterocycles. The van der Waals surface area contributed by atoms with Crippen LogP contribution in [0.5, 0.6) is 0 Å². The molecule has 0 bridgehead atoms. The van der Waals surface area contributed by atoms with Crippen LogP contribution in [0, 0.1) is 0 Å². The van der Waals surface area contributed by atoms with E-state index in [0.29, 0.717) is 18.2 Å². The summed E-state index contributed by atoms with van der Waals surface area (Å²) in [7, 11) is 2.09. The summed E-state index contributed by atoms with van der Waals surface area (Å²) in [5, 5.41) is 3.22. The molecular formula is C14H23N3O2. The van der Waals surface area contributed by atoms with Crippen LogP contribution in [0.3, 0.4) is 0 Å². The number of anilines is 1. The zero-order chi connectivity index (χ0) is 14.3. The molecule has 0 spiro atoms. The highest BCUT2D eigenvalue weighted by Gasteiger charge is 2.06. The van der Waals surface area contributed by atoms with Crippen LogP contribution in [0.2, 0.25) is 0 Å². The average Bonchev–Trinajstić information content (AvgIpc) is 2.39. The Hall–Kier alpha value is -1.62. The van der Waals surface area contributed by atoms with Crippen LogP contribution in [0.15, 0.2) is 18.3 Å². The summed E-state index contributed by atoms with van der Waals surface area (Å²) in [6, 6.07) is 4.04. The second-order valence-corrected chi connectivity index (χ2v) is 4.65. The van der Waals surface area contributed by atoms with Crippen molar-refractivity contribution in [2.24, 2.45) is 0 Å².